The van der Waals surface area contributed by atoms with E-state index in [1.807, 2.05) is 12.1 Å². The number of furan rings is 1. The molecule has 0 saturated carbocycles. The van der Waals surface area contributed by atoms with E-state index in [0.29, 0.717) is 6.04 Å². The van der Waals surface area contributed by atoms with Gasteiger partial charge in [-0.1, -0.05) is 6.92 Å². The van der Waals surface area contributed by atoms with E-state index < -0.39 is 0 Å². The first-order valence-corrected chi connectivity index (χ1v) is 7.25. The van der Waals surface area contributed by atoms with Crippen molar-refractivity contribution in [1.82, 2.24) is 10.2 Å². The van der Waals surface area contributed by atoms with Gasteiger partial charge >= 0.3 is 0 Å². The average molecular weight is 250 g/mol. The van der Waals surface area contributed by atoms with E-state index in [-0.39, 0.29) is 0 Å². The molecular weight excluding hydrogens is 224 g/mol. The first-order valence-electron chi connectivity index (χ1n) is 7.25. The molecule has 1 aromatic heterocycles. The van der Waals surface area contributed by atoms with E-state index >= 15 is 0 Å². The number of hydrogen-bond donors (Lipinski definition) is 1. The molecule has 0 amide bonds. The zero-order valence-corrected chi connectivity index (χ0v) is 11.7. The molecule has 1 aliphatic rings. The second kappa shape index (κ2) is 6.95. The number of nitrogens with zero attached hydrogens (tertiary/aromatic N) is 1. The normalized spacial score (nSPS) is 23.8. The summed E-state index contributed by atoms with van der Waals surface area (Å²) in [5.41, 5.74) is 0. The highest BCUT2D eigenvalue weighted by Gasteiger charge is 2.14. The van der Waals surface area contributed by atoms with Crippen molar-refractivity contribution in [3.05, 3.63) is 24.2 Å². The van der Waals surface area contributed by atoms with E-state index in [4.69, 9.17) is 4.42 Å². The van der Waals surface area contributed by atoms with Gasteiger partial charge in [-0.25, -0.2) is 0 Å². The van der Waals surface area contributed by atoms with Gasteiger partial charge in [0.25, 0.3) is 0 Å². The average Bonchev–Trinajstić information content (AvgIpc) is 2.81. The Morgan fingerprint density at radius 1 is 1.44 bits per heavy atom. The Balaban J connectivity index is 1.65. The summed E-state index contributed by atoms with van der Waals surface area (Å²) in [6.07, 6.45) is 5.85. The molecular formula is C15H26N2O. The fourth-order valence-electron chi connectivity index (χ4n) is 2.62. The summed E-state index contributed by atoms with van der Waals surface area (Å²) in [4.78, 5) is 2.59. The molecule has 1 fully saturated rings. The zero-order chi connectivity index (χ0) is 12.8. The highest BCUT2D eigenvalue weighted by Crippen LogP contribution is 2.16. The van der Waals surface area contributed by atoms with Crippen molar-refractivity contribution < 1.29 is 4.42 Å². The van der Waals surface area contributed by atoms with E-state index in [2.05, 4.69) is 24.1 Å². The van der Waals surface area contributed by atoms with Crippen LogP contribution >= 0.6 is 0 Å². The Kier molecular flexibility index (Phi) is 5.26. The molecule has 3 heteroatoms. The van der Waals surface area contributed by atoms with Crippen molar-refractivity contribution in [1.29, 1.82) is 0 Å². The van der Waals surface area contributed by atoms with Gasteiger partial charge in [0, 0.05) is 13.1 Å². The Morgan fingerprint density at radius 3 is 3.11 bits per heavy atom. The van der Waals surface area contributed by atoms with Gasteiger partial charge < -0.3 is 14.6 Å². The van der Waals surface area contributed by atoms with Crippen molar-refractivity contribution in [2.75, 3.05) is 26.2 Å². The van der Waals surface area contributed by atoms with Crippen LogP contribution in [0.1, 0.15) is 44.9 Å². The molecule has 18 heavy (non-hydrogen) atoms. The molecule has 3 nitrogen and oxygen atoms in total. The summed E-state index contributed by atoms with van der Waals surface area (Å²) >= 11 is 0. The zero-order valence-electron chi connectivity index (χ0n) is 11.7. The van der Waals surface area contributed by atoms with Crippen LogP contribution < -0.4 is 5.32 Å². The van der Waals surface area contributed by atoms with E-state index in [9.17, 15) is 0 Å². The molecule has 2 unspecified atom stereocenters. The van der Waals surface area contributed by atoms with Crippen molar-refractivity contribution in [2.24, 2.45) is 5.92 Å². The van der Waals surface area contributed by atoms with Crippen molar-refractivity contribution in [2.45, 2.75) is 39.2 Å². The molecule has 0 aliphatic carbocycles. The summed E-state index contributed by atoms with van der Waals surface area (Å²) in [6.45, 7) is 9.25. The summed E-state index contributed by atoms with van der Waals surface area (Å²) < 4.78 is 5.40. The predicted molar refractivity (Wildman–Crippen MR) is 74.6 cm³/mol. The van der Waals surface area contributed by atoms with Crippen molar-refractivity contribution in [3.63, 3.8) is 0 Å². The summed E-state index contributed by atoms with van der Waals surface area (Å²) in [5, 5.41) is 3.53. The predicted octanol–water partition coefficient (Wildman–Crippen LogP) is 3.05. The van der Waals surface area contributed by atoms with Gasteiger partial charge in [-0.3, -0.25) is 0 Å². The van der Waals surface area contributed by atoms with Crippen LogP contribution in [0.5, 0.6) is 0 Å². The maximum Gasteiger partial charge on any atom is 0.120 e. The van der Waals surface area contributed by atoms with Gasteiger partial charge in [-0.05, 0) is 57.3 Å². The van der Waals surface area contributed by atoms with Crippen LogP contribution in [-0.4, -0.2) is 31.1 Å². The summed E-state index contributed by atoms with van der Waals surface area (Å²) in [6, 6.07) is 4.29. The molecule has 0 radical (unpaired) electrons. The number of nitrogens with one attached hydrogen (secondary N) is 1. The lowest BCUT2D eigenvalue weighted by molar-refractivity contribution is 0.274. The second-order valence-corrected chi connectivity index (χ2v) is 5.57. The topological polar surface area (TPSA) is 28.4 Å². The van der Waals surface area contributed by atoms with Gasteiger partial charge in [0.05, 0.1) is 12.3 Å². The number of likely N-dealkylation sites (tertiary alicyclic amines) is 1. The maximum absolute atomic E-state index is 5.40. The first kappa shape index (κ1) is 13.6. The fraction of sp³-hybridized carbons (Fsp3) is 0.733. The molecule has 1 saturated heterocycles. The number of rotatable bonds is 5. The van der Waals surface area contributed by atoms with Gasteiger partial charge in [-0.2, -0.15) is 0 Å². The molecule has 0 bridgehead atoms. The quantitative estimate of drug-likeness (QED) is 0.870. The Morgan fingerprint density at radius 2 is 2.33 bits per heavy atom. The lowest BCUT2D eigenvalue weighted by Crippen LogP contribution is -2.33. The molecule has 0 aromatic carbocycles. The molecule has 102 valence electrons. The van der Waals surface area contributed by atoms with Crippen molar-refractivity contribution in [3.8, 4) is 0 Å². The molecule has 1 aliphatic heterocycles. The lowest BCUT2D eigenvalue weighted by atomic mass is 10.0. The highest BCUT2D eigenvalue weighted by molar-refractivity contribution is 5.02. The van der Waals surface area contributed by atoms with Crippen LogP contribution in [0.2, 0.25) is 0 Å². The molecule has 1 aromatic rings. The Labute approximate surface area is 111 Å². The van der Waals surface area contributed by atoms with Crippen molar-refractivity contribution >= 4 is 0 Å². The third kappa shape index (κ3) is 4.14. The minimum atomic E-state index is 0.311. The van der Waals surface area contributed by atoms with E-state index in [1.165, 1.54) is 32.4 Å². The molecule has 1 N–H and O–H groups in total. The maximum atomic E-state index is 5.40. The second-order valence-electron chi connectivity index (χ2n) is 5.57. The molecule has 2 heterocycles. The van der Waals surface area contributed by atoms with E-state index in [1.54, 1.807) is 6.26 Å². The third-order valence-corrected chi connectivity index (χ3v) is 3.96. The van der Waals surface area contributed by atoms with Crippen LogP contribution in [0.4, 0.5) is 0 Å². The fourth-order valence-corrected chi connectivity index (χ4v) is 2.62. The highest BCUT2D eigenvalue weighted by atomic mass is 16.3. The minimum absolute atomic E-state index is 0.311. The first-order chi connectivity index (χ1) is 8.75. The van der Waals surface area contributed by atoms with Gasteiger partial charge in [0.2, 0.25) is 0 Å². The smallest absolute Gasteiger partial charge is 0.120 e. The number of hydrogen-bond acceptors (Lipinski definition) is 3. The third-order valence-electron chi connectivity index (χ3n) is 3.96. The van der Waals surface area contributed by atoms with Crippen LogP contribution in [0.3, 0.4) is 0 Å². The Bertz CT molecular complexity index is 323. The molecule has 2 atom stereocenters. The molecule has 2 rings (SSSR count). The van der Waals surface area contributed by atoms with Crippen LogP contribution in [0, 0.1) is 5.92 Å². The Hall–Kier alpha value is -0.800. The standard InChI is InChI=1S/C15H26N2O/c1-13-5-3-9-17(10-7-13)11-8-16-14(2)15-6-4-12-18-15/h4,6,12-14,16H,3,5,7-11H2,1-2H3. The van der Waals surface area contributed by atoms with Gasteiger partial charge in [0.1, 0.15) is 5.76 Å². The SMILES string of the molecule is CC1CCCN(CCNC(C)c2ccco2)CC1. The lowest BCUT2D eigenvalue weighted by Gasteiger charge is -2.21. The molecule has 0 spiro atoms. The largest absolute Gasteiger partial charge is 0.468 e. The van der Waals surface area contributed by atoms with Gasteiger partial charge in [-0.15, -0.1) is 0 Å². The minimum Gasteiger partial charge on any atom is -0.468 e. The van der Waals surface area contributed by atoms with Crippen LogP contribution in [-0.2, 0) is 0 Å². The monoisotopic (exact) mass is 250 g/mol. The van der Waals surface area contributed by atoms with Gasteiger partial charge in [0.15, 0.2) is 0 Å². The van der Waals surface area contributed by atoms with Crippen LogP contribution in [0.15, 0.2) is 22.8 Å². The van der Waals surface area contributed by atoms with Crippen LogP contribution in [0.25, 0.3) is 0 Å². The summed E-state index contributed by atoms with van der Waals surface area (Å²) in [5.74, 6) is 1.93. The van der Waals surface area contributed by atoms with E-state index in [0.717, 1.165) is 24.8 Å². The summed E-state index contributed by atoms with van der Waals surface area (Å²) in [7, 11) is 0.